The molecule has 0 aliphatic carbocycles. The van der Waals surface area contributed by atoms with E-state index >= 15 is 0 Å². The van der Waals surface area contributed by atoms with Crippen LogP contribution < -0.4 is 5.73 Å². The van der Waals surface area contributed by atoms with Gasteiger partial charge in [0.25, 0.3) is 0 Å². The zero-order valence-electron chi connectivity index (χ0n) is 9.82. The van der Waals surface area contributed by atoms with E-state index in [0.29, 0.717) is 11.8 Å². The highest BCUT2D eigenvalue weighted by atomic mass is 16.4. The summed E-state index contributed by atoms with van der Waals surface area (Å²) in [6, 6.07) is -0.317. The number of aliphatic hydroxyl groups excluding tert-OH is 1. The first kappa shape index (κ1) is 12.2. The normalized spacial score (nSPS) is 15.7. The highest BCUT2D eigenvalue weighted by Gasteiger charge is 2.23. The summed E-state index contributed by atoms with van der Waals surface area (Å²) in [5.74, 6) is 1.52. The van der Waals surface area contributed by atoms with Crippen LogP contribution >= 0.6 is 0 Å². The van der Waals surface area contributed by atoms with Gasteiger partial charge in [-0.3, -0.25) is 0 Å². The molecule has 0 amide bonds. The van der Waals surface area contributed by atoms with Gasteiger partial charge in [-0.15, -0.1) is 0 Å². The van der Waals surface area contributed by atoms with Crippen LogP contribution in [-0.2, 0) is 0 Å². The number of aliphatic hydroxyl groups is 1. The first-order chi connectivity index (χ1) is 6.91. The molecule has 1 heterocycles. The molecule has 0 aromatic carbocycles. The highest BCUT2D eigenvalue weighted by molar-refractivity contribution is 5.07. The third-order valence-electron chi connectivity index (χ3n) is 2.45. The second kappa shape index (κ2) is 4.77. The number of hydrogen-bond acceptors (Lipinski definition) is 4. The van der Waals surface area contributed by atoms with Gasteiger partial charge in [-0.1, -0.05) is 13.8 Å². The number of hydrogen-bond donors (Lipinski definition) is 2. The fourth-order valence-electron chi connectivity index (χ4n) is 1.48. The molecule has 2 unspecified atom stereocenters. The van der Waals surface area contributed by atoms with Crippen molar-refractivity contribution in [2.24, 2.45) is 11.7 Å². The zero-order valence-corrected chi connectivity index (χ0v) is 9.82. The van der Waals surface area contributed by atoms with Gasteiger partial charge in [0.2, 0.25) is 5.89 Å². The summed E-state index contributed by atoms with van der Waals surface area (Å²) in [5, 5.41) is 9.89. The molecular weight excluding hydrogens is 192 g/mol. The zero-order chi connectivity index (χ0) is 11.6. The maximum absolute atomic E-state index is 9.89. The summed E-state index contributed by atoms with van der Waals surface area (Å²) in [6.07, 6.45) is -0.0541. The maximum atomic E-state index is 9.89. The molecule has 0 fully saturated rings. The predicted octanol–water partition coefficient (Wildman–Crippen LogP) is 1.70. The number of nitrogens with two attached hydrogens (primary N) is 1. The molecule has 4 nitrogen and oxygen atoms in total. The van der Waals surface area contributed by atoms with Crippen LogP contribution in [0, 0.1) is 19.8 Å². The van der Waals surface area contributed by atoms with E-state index in [4.69, 9.17) is 10.2 Å². The van der Waals surface area contributed by atoms with Gasteiger partial charge in [-0.25, -0.2) is 4.98 Å². The Morgan fingerprint density at radius 2 is 2.00 bits per heavy atom. The van der Waals surface area contributed by atoms with E-state index in [1.165, 1.54) is 0 Å². The Kier molecular flexibility index (Phi) is 3.88. The molecule has 2 atom stereocenters. The smallest absolute Gasteiger partial charge is 0.225 e. The van der Waals surface area contributed by atoms with E-state index in [1.54, 1.807) is 0 Å². The van der Waals surface area contributed by atoms with Crippen molar-refractivity contribution in [2.75, 3.05) is 0 Å². The van der Waals surface area contributed by atoms with Gasteiger partial charge in [0.05, 0.1) is 5.69 Å². The molecule has 1 aromatic rings. The molecule has 1 aromatic heterocycles. The lowest BCUT2D eigenvalue weighted by Crippen LogP contribution is -2.30. The van der Waals surface area contributed by atoms with E-state index in [9.17, 15) is 5.11 Å². The van der Waals surface area contributed by atoms with Crippen molar-refractivity contribution in [3.05, 3.63) is 17.3 Å². The van der Waals surface area contributed by atoms with Crippen LogP contribution in [0.5, 0.6) is 0 Å². The van der Waals surface area contributed by atoms with Crippen LogP contribution in [0.1, 0.15) is 43.7 Å². The van der Waals surface area contributed by atoms with Crippen LogP contribution in [0.3, 0.4) is 0 Å². The topological polar surface area (TPSA) is 72.3 Å². The van der Waals surface area contributed by atoms with E-state index in [0.717, 1.165) is 17.9 Å². The molecule has 0 spiro atoms. The largest absolute Gasteiger partial charge is 0.443 e. The molecule has 86 valence electrons. The summed E-state index contributed by atoms with van der Waals surface area (Å²) in [5.41, 5.74) is 6.67. The molecule has 0 radical (unpaired) electrons. The Morgan fingerprint density at radius 3 is 2.40 bits per heavy atom. The van der Waals surface area contributed by atoms with Gasteiger partial charge in [-0.2, -0.15) is 0 Å². The van der Waals surface area contributed by atoms with E-state index in [-0.39, 0.29) is 6.04 Å². The summed E-state index contributed by atoms with van der Waals surface area (Å²) in [4.78, 5) is 4.14. The lowest BCUT2D eigenvalue weighted by atomic mass is 10.00. The monoisotopic (exact) mass is 212 g/mol. The predicted molar refractivity (Wildman–Crippen MR) is 58.4 cm³/mol. The van der Waals surface area contributed by atoms with Crippen molar-refractivity contribution in [3.63, 3.8) is 0 Å². The van der Waals surface area contributed by atoms with Crippen LogP contribution in [0.2, 0.25) is 0 Å². The Labute approximate surface area is 90.5 Å². The Morgan fingerprint density at radius 1 is 1.40 bits per heavy atom. The second-order valence-electron chi connectivity index (χ2n) is 4.43. The maximum Gasteiger partial charge on any atom is 0.225 e. The summed E-state index contributed by atoms with van der Waals surface area (Å²) in [7, 11) is 0. The summed E-state index contributed by atoms with van der Waals surface area (Å²) >= 11 is 0. The SMILES string of the molecule is Cc1nc(C(O)C(N)CC(C)C)oc1C. The van der Waals surface area contributed by atoms with Gasteiger partial charge in [-0.05, 0) is 26.2 Å². The Bertz CT molecular complexity index is 301. The molecular formula is C11H20N2O2. The quantitative estimate of drug-likeness (QED) is 0.796. The summed E-state index contributed by atoms with van der Waals surface area (Å²) in [6.45, 7) is 7.81. The van der Waals surface area contributed by atoms with Crippen LogP contribution in [-0.4, -0.2) is 16.1 Å². The molecule has 0 saturated carbocycles. The van der Waals surface area contributed by atoms with E-state index in [2.05, 4.69) is 18.8 Å². The molecule has 0 aliphatic rings. The third kappa shape index (κ3) is 3.04. The van der Waals surface area contributed by atoms with Gasteiger partial charge < -0.3 is 15.3 Å². The number of aromatic nitrogens is 1. The van der Waals surface area contributed by atoms with Crippen LogP contribution in [0.25, 0.3) is 0 Å². The second-order valence-corrected chi connectivity index (χ2v) is 4.43. The van der Waals surface area contributed by atoms with Crippen molar-refractivity contribution in [2.45, 2.75) is 46.3 Å². The number of oxazole rings is 1. The number of nitrogens with zero attached hydrogens (tertiary/aromatic N) is 1. The van der Waals surface area contributed by atoms with Crippen molar-refractivity contribution in [1.82, 2.24) is 4.98 Å². The Hall–Kier alpha value is -0.870. The third-order valence-corrected chi connectivity index (χ3v) is 2.45. The first-order valence-corrected chi connectivity index (χ1v) is 5.29. The minimum atomic E-state index is -0.806. The fraction of sp³-hybridized carbons (Fsp3) is 0.727. The number of aryl methyl sites for hydroxylation is 2. The standard InChI is InChI=1S/C11H20N2O2/c1-6(2)5-9(12)10(14)11-13-7(3)8(4)15-11/h6,9-10,14H,5,12H2,1-4H3. The van der Waals surface area contributed by atoms with Crippen molar-refractivity contribution < 1.29 is 9.52 Å². The van der Waals surface area contributed by atoms with E-state index in [1.807, 2.05) is 13.8 Å². The van der Waals surface area contributed by atoms with Gasteiger partial charge in [0.1, 0.15) is 11.9 Å². The lowest BCUT2D eigenvalue weighted by Gasteiger charge is -2.17. The van der Waals surface area contributed by atoms with Crippen molar-refractivity contribution in [1.29, 1.82) is 0 Å². The Balaban J connectivity index is 2.71. The number of rotatable bonds is 4. The van der Waals surface area contributed by atoms with E-state index < -0.39 is 6.10 Å². The van der Waals surface area contributed by atoms with Gasteiger partial charge >= 0.3 is 0 Å². The van der Waals surface area contributed by atoms with Crippen LogP contribution in [0.15, 0.2) is 4.42 Å². The minimum Gasteiger partial charge on any atom is -0.443 e. The fourth-order valence-corrected chi connectivity index (χ4v) is 1.48. The highest BCUT2D eigenvalue weighted by Crippen LogP contribution is 2.21. The average Bonchev–Trinajstić information content (AvgIpc) is 2.44. The molecule has 0 saturated heterocycles. The average molecular weight is 212 g/mol. The first-order valence-electron chi connectivity index (χ1n) is 5.29. The molecule has 4 heteroatoms. The van der Waals surface area contributed by atoms with Gasteiger partial charge in [0.15, 0.2) is 0 Å². The molecule has 15 heavy (non-hydrogen) atoms. The van der Waals surface area contributed by atoms with Crippen LogP contribution in [0.4, 0.5) is 0 Å². The molecule has 3 N–H and O–H groups in total. The minimum absolute atomic E-state index is 0.317. The summed E-state index contributed by atoms with van der Waals surface area (Å²) < 4.78 is 5.34. The van der Waals surface area contributed by atoms with Crippen molar-refractivity contribution in [3.8, 4) is 0 Å². The van der Waals surface area contributed by atoms with Crippen molar-refractivity contribution >= 4 is 0 Å². The lowest BCUT2D eigenvalue weighted by molar-refractivity contribution is 0.105. The molecule has 0 bridgehead atoms. The van der Waals surface area contributed by atoms with Gasteiger partial charge in [0, 0.05) is 6.04 Å². The molecule has 1 rings (SSSR count). The molecule has 0 aliphatic heterocycles.